The number of nitrogens with one attached hydrogen (secondary N) is 1. The maximum atomic E-state index is 12.6. The number of carbonyl (C=O) groups excluding carboxylic acids is 1. The Hall–Kier alpha value is -3.79. The van der Waals surface area contributed by atoms with E-state index in [4.69, 9.17) is 4.74 Å². The first-order chi connectivity index (χ1) is 14.6. The number of benzene rings is 1. The molecule has 1 aliphatic heterocycles. The number of amides is 1. The second kappa shape index (κ2) is 8.70. The minimum Gasteiger partial charge on any atom is -0.378 e. The van der Waals surface area contributed by atoms with Gasteiger partial charge in [-0.25, -0.2) is 9.67 Å². The second-order valence-electron chi connectivity index (χ2n) is 6.72. The Bertz CT molecular complexity index is 1040. The molecule has 2 aromatic heterocycles. The molecule has 0 atom stereocenters. The van der Waals surface area contributed by atoms with Crippen LogP contribution in [0.2, 0.25) is 0 Å². The quantitative estimate of drug-likeness (QED) is 0.489. The first-order valence-corrected chi connectivity index (χ1v) is 9.46. The number of nitro benzene ring substituents is 1. The van der Waals surface area contributed by atoms with Gasteiger partial charge in [-0.1, -0.05) is 6.07 Å². The Morgan fingerprint density at radius 2 is 1.97 bits per heavy atom. The predicted molar refractivity (Wildman–Crippen MR) is 109 cm³/mol. The SMILES string of the molecule is O=C(NCc1cccnc1N1CCOCC1)c1cnn(-c2ccc([N+](=O)[O-])cc2)c1. The van der Waals surface area contributed by atoms with Crippen molar-refractivity contribution in [1.82, 2.24) is 20.1 Å². The standard InChI is InChI=1S/C20H20N6O4/c27-20(16-13-23-25(14-16)17-3-5-18(6-4-17)26(28)29)22-12-15-2-1-7-21-19(15)24-8-10-30-11-9-24/h1-7,13-14H,8-12H2,(H,22,27). The van der Waals surface area contributed by atoms with E-state index < -0.39 is 4.92 Å². The highest BCUT2D eigenvalue weighted by Crippen LogP contribution is 2.19. The molecule has 1 aliphatic rings. The fourth-order valence-electron chi connectivity index (χ4n) is 3.21. The molecule has 4 rings (SSSR count). The summed E-state index contributed by atoms with van der Waals surface area (Å²) in [7, 11) is 0. The third kappa shape index (κ3) is 4.28. The summed E-state index contributed by atoms with van der Waals surface area (Å²) in [5, 5.41) is 17.9. The summed E-state index contributed by atoms with van der Waals surface area (Å²) in [6.07, 6.45) is 4.79. The van der Waals surface area contributed by atoms with Gasteiger partial charge in [0.2, 0.25) is 0 Å². The van der Waals surface area contributed by atoms with E-state index in [2.05, 4.69) is 20.3 Å². The fraction of sp³-hybridized carbons (Fsp3) is 0.250. The lowest BCUT2D eigenvalue weighted by Gasteiger charge is -2.29. The average molecular weight is 408 g/mol. The minimum absolute atomic E-state index is 0.00332. The van der Waals surface area contributed by atoms with E-state index in [0.717, 1.165) is 24.5 Å². The van der Waals surface area contributed by atoms with E-state index in [-0.39, 0.29) is 11.6 Å². The van der Waals surface area contributed by atoms with Gasteiger partial charge in [-0.05, 0) is 18.2 Å². The van der Waals surface area contributed by atoms with Gasteiger partial charge in [0.05, 0.1) is 35.6 Å². The molecule has 10 nitrogen and oxygen atoms in total. The Labute approximate surface area is 172 Å². The predicted octanol–water partition coefficient (Wildman–Crippen LogP) is 1.94. The lowest BCUT2D eigenvalue weighted by Crippen LogP contribution is -2.37. The van der Waals surface area contributed by atoms with Crippen LogP contribution in [-0.4, -0.2) is 51.9 Å². The molecule has 3 heterocycles. The van der Waals surface area contributed by atoms with Crippen molar-refractivity contribution in [2.45, 2.75) is 6.54 Å². The van der Waals surface area contributed by atoms with Crippen molar-refractivity contribution in [2.24, 2.45) is 0 Å². The van der Waals surface area contributed by atoms with E-state index in [1.807, 2.05) is 12.1 Å². The molecule has 10 heteroatoms. The summed E-state index contributed by atoms with van der Waals surface area (Å²) in [5.41, 5.74) is 1.94. The van der Waals surface area contributed by atoms with Crippen molar-refractivity contribution in [1.29, 1.82) is 0 Å². The topological polar surface area (TPSA) is 115 Å². The third-order valence-electron chi connectivity index (χ3n) is 4.79. The number of anilines is 1. The van der Waals surface area contributed by atoms with E-state index in [1.54, 1.807) is 24.5 Å². The number of aromatic nitrogens is 3. The van der Waals surface area contributed by atoms with Crippen molar-refractivity contribution in [2.75, 3.05) is 31.2 Å². The summed E-state index contributed by atoms with van der Waals surface area (Å²) < 4.78 is 6.89. The maximum absolute atomic E-state index is 12.6. The molecular weight excluding hydrogens is 388 g/mol. The van der Waals surface area contributed by atoms with E-state index in [0.29, 0.717) is 31.0 Å². The number of nitrogens with zero attached hydrogens (tertiary/aromatic N) is 5. The van der Waals surface area contributed by atoms with Crippen LogP contribution in [0.1, 0.15) is 15.9 Å². The molecule has 1 fully saturated rings. The first-order valence-electron chi connectivity index (χ1n) is 9.46. The van der Waals surface area contributed by atoms with Gasteiger partial charge in [0.15, 0.2) is 0 Å². The molecule has 154 valence electrons. The summed E-state index contributed by atoms with van der Waals surface area (Å²) >= 11 is 0. The Kier molecular flexibility index (Phi) is 5.66. The zero-order valence-electron chi connectivity index (χ0n) is 16.1. The number of rotatable bonds is 6. The largest absolute Gasteiger partial charge is 0.378 e. The van der Waals surface area contributed by atoms with Crippen molar-refractivity contribution in [3.8, 4) is 5.69 Å². The highest BCUT2D eigenvalue weighted by Gasteiger charge is 2.17. The van der Waals surface area contributed by atoms with Gasteiger partial charge in [0.1, 0.15) is 5.82 Å². The smallest absolute Gasteiger partial charge is 0.269 e. The number of ether oxygens (including phenoxy) is 1. The molecule has 1 saturated heterocycles. The van der Waals surface area contributed by atoms with Crippen LogP contribution in [0.15, 0.2) is 55.0 Å². The zero-order chi connectivity index (χ0) is 20.9. The molecule has 3 aromatic rings. The second-order valence-corrected chi connectivity index (χ2v) is 6.72. The van der Waals surface area contributed by atoms with Crippen LogP contribution >= 0.6 is 0 Å². The highest BCUT2D eigenvalue weighted by molar-refractivity contribution is 5.93. The number of nitro groups is 1. The molecule has 0 radical (unpaired) electrons. The normalized spacial score (nSPS) is 13.8. The van der Waals surface area contributed by atoms with Crippen LogP contribution in [0, 0.1) is 10.1 Å². The molecule has 0 bridgehead atoms. The summed E-state index contributed by atoms with van der Waals surface area (Å²) in [6.45, 7) is 3.18. The molecule has 1 amide bonds. The van der Waals surface area contributed by atoms with Gasteiger partial charge in [0, 0.05) is 49.7 Å². The van der Waals surface area contributed by atoms with Crippen molar-refractivity contribution < 1.29 is 14.5 Å². The number of pyridine rings is 1. The highest BCUT2D eigenvalue weighted by atomic mass is 16.6. The van der Waals surface area contributed by atoms with E-state index in [9.17, 15) is 14.9 Å². The molecular formula is C20H20N6O4. The van der Waals surface area contributed by atoms with Crippen molar-refractivity contribution in [3.05, 3.63) is 76.2 Å². The van der Waals surface area contributed by atoms with Gasteiger partial charge in [0.25, 0.3) is 11.6 Å². The minimum atomic E-state index is -0.463. The van der Waals surface area contributed by atoms with Gasteiger partial charge in [-0.3, -0.25) is 14.9 Å². The summed E-state index contributed by atoms with van der Waals surface area (Å²) in [4.78, 5) is 29.5. The third-order valence-corrected chi connectivity index (χ3v) is 4.79. The lowest BCUT2D eigenvalue weighted by molar-refractivity contribution is -0.384. The van der Waals surface area contributed by atoms with Gasteiger partial charge < -0.3 is 15.0 Å². The first kappa shape index (κ1) is 19.5. The Morgan fingerprint density at radius 1 is 1.20 bits per heavy atom. The molecule has 1 N–H and O–H groups in total. The Morgan fingerprint density at radius 3 is 2.70 bits per heavy atom. The van der Waals surface area contributed by atoms with Crippen LogP contribution in [0.25, 0.3) is 5.69 Å². The lowest BCUT2D eigenvalue weighted by atomic mass is 10.2. The zero-order valence-corrected chi connectivity index (χ0v) is 16.1. The van der Waals surface area contributed by atoms with E-state index >= 15 is 0 Å². The van der Waals surface area contributed by atoms with Gasteiger partial charge in [-0.2, -0.15) is 5.10 Å². The van der Waals surface area contributed by atoms with Crippen LogP contribution in [0.4, 0.5) is 11.5 Å². The molecule has 0 spiro atoms. The summed E-state index contributed by atoms with van der Waals surface area (Å²) in [5.74, 6) is 0.586. The molecule has 0 aliphatic carbocycles. The van der Waals surface area contributed by atoms with Gasteiger partial charge >= 0.3 is 0 Å². The van der Waals surface area contributed by atoms with Gasteiger partial charge in [-0.15, -0.1) is 0 Å². The Balaban J connectivity index is 1.42. The van der Waals surface area contributed by atoms with E-state index in [1.165, 1.54) is 23.0 Å². The summed E-state index contributed by atoms with van der Waals surface area (Å²) in [6, 6.07) is 9.74. The molecule has 0 saturated carbocycles. The van der Waals surface area contributed by atoms with Crippen LogP contribution < -0.4 is 10.2 Å². The number of hydrogen-bond acceptors (Lipinski definition) is 7. The number of morpholine rings is 1. The van der Waals surface area contributed by atoms with Crippen molar-refractivity contribution in [3.63, 3.8) is 0 Å². The van der Waals surface area contributed by atoms with Crippen LogP contribution in [0.5, 0.6) is 0 Å². The maximum Gasteiger partial charge on any atom is 0.269 e. The van der Waals surface area contributed by atoms with Crippen LogP contribution in [0.3, 0.4) is 0 Å². The molecule has 30 heavy (non-hydrogen) atoms. The molecule has 1 aromatic carbocycles. The van der Waals surface area contributed by atoms with Crippen molar-refractivity contribution >= 4 is 17.4 Å². The number of non-ortho nitro benzene ring substituents is 1. The molecule has 0 unspecified atom stereocenters. The number of hydrogen-bond donors (Lipinski definition) is 1. The fourth-order valence-corrected chi connectivity index (χ4v) is 3.21. The average Bonchev–Trinajstić information content (AvgIpc) is 3.29. The number of carbonyl (C=O) groups is 1. The van der Waals surface area contributed by atoms with Crippen LogP contribution in [-0.2, 0) is 11.3 Å². The monoisotopic (exact) mass is 408 g/mol.